The molecule has 2 heteroatoms. The van der Waals surface area contributed by atoms with E-state index in [2.05, 4.69) is 19.1 Å². The molecule has 0 atom stereocenters. The molecule has 0 amide bonds. The van der Waals surface area contributed by atoms with Gasteiger partial charge in [-0.05, 0) is 0 Å². The van der Waals surface area contributed by atoms with Crippen LogP contribution in [0.2, 0.25) is 0 Å². The van der Waals surface area contributed by atoms with Crippen molar-refractivity contribution >= 4 is 0 Å². The van der Waals surface area contributed by atoms with Crippen LogP contribution in [0.25, 0.3) is 0 Å². The fourth-order valence-corrected chi connectivity index (χ4v) is 0.539. The molecule has 0 heterocycles. The van der Waals surface area contributed by atoms with Gasteiger partial charge in [-0.25, -0.2) is 0 Å². The third-order valence-electron chi connectivity index (χ3n) is 1.26. The first-order chi connectivity index (χ1) is 5.80. The van der Waals surface area contributed by atoms with Crippen LogP contribution in [0, 0.1) is 109 Å². The largest absolute Gasteiger partial charge is 0.359 e. The number of hydrogen-bond donors (Lipinski definition) is 0. The van der Waals surface area contributed by atoms with Crippen molar-refractivity contribution in [3.05, 3.63) is 35.4 Å². The zero-order valence-electron chi connectivity index (χ0n) is 10.3. The average molecular weight is 446 g/mol. The van der Waals surface area contributed by atoms with E-state index in [1.807, 2.05) is 46.8 Å². The Morgan fingerprint density at radius 2 is 1.36 bits per heavy atom. The van der Waals surface area contributed by atoms with E-state index < -0.39 is 0 Å². The van der Waals surface area contributed by atoms with Gasteiger partial charge < -0.3 is 18.2 Å². The van der Waals surface area contributed by atoms with Crippen molar-refractivity contribution in [3.8, 4) is 0 Å². The summed E-state index contributed by atoms with van der Waals surface area (Å²) in [6.45, 7) is 12.1. The minimum atomic E-state index is 0. The smallest absolute Gasteiger partial charge is 0 e. The van der Waals surface area contributed by atoms with E-state index in [4.69, 9.17) is 0 Å². The molecule has 2 radical (unpaired) electrons. The molecule has 1 rings (SSSR count). The first-order valence-electron chi connectivity index (χ1n) is 4.65. The molecule has 0 fully saturated rings. The molecule has 76 valence electrons. The van der Waals surface area contributed by atoms with Gasteiger partial charge in [0.2, 0.25) is 0 Å². The van der Waals surface area contributed by atoms with Crippen LogP contribution in [0.3, 0.4) is 0 Å². The maximum absolute atomic E-state index is 3.04. The van der Waals surface area contributed by atoms with E-state index in [9.17, 15) is 0 Å². The van der Waals surface area contributed by atoms with E-state index in [1.54, 1.807) is 0 Å². The minimum Gasteiger partial charge on any atom is -0.359 e. The summed E-state index contributed by atoms with van der Waals surface area (Å²) in [5, 5.41) is 0. The fraction of sp³-hybridized carbons (Fsp3) is 0.500. The maximum Gasteiger partial charge on any atom is 0 e. The van der Waals surface area contributed by atoms with Gasteiger partial charge in [0.25, 0.3) is 0 Å². The van der Waals surface area contributed by atoms with Crippen LogP contribution in [0.4, 0.5) is 0 Å². The zero-order valence-corrected chi connectivity index (χ0v) is 17.7. The van der Waals surface area contributed by atoms with Crippen LogP contribution in [0.15, 0.2) is 12.1 Å². The molecular formula is C12H20Pr2-2. The molecule has 0 spiro atoms. The van der Waals surface area contributed by atoms with E-state index in [0.29, 0.717) is 0 Å². The molecule has 14 heavy (non-hydrogen) atoms. The minimum absolute atomic E-state index is 0. The Bertz CT molecular complexity index is 164. The molecule has 0 unspecified atom stereocenters. The summed E-state index contributed by atoms with van der Waals surface area (Å²) >= 11 is 0. The van der Waals surface area contributed by atoms with E-state index in [-0.39, 0.29) is 82.6 Å². The Hall–Kier alpha value is 1.95. The summed E-state index contributed by atoms with van der Waals surface area (Å²) in [5.41, 5.74) is 2.47. The Morgan fingerprint density at radius 3 is 1.57 bits per heavy atom. The molecule has 0 saturated carbocycles. The summed E-state index contributed by atoms with van der Waals surface area (Å²) in [5.74, 6) is 0. The van der Waals surface area contributed by atoms with Crippen LogP contribution in [-0.4, -0.2) is 0 Å². The van der Waals surface area contributed by atoms with E-state index in [1.165, 1.54) is 11.1 Å². The van der Waals surface area contributed by atoms with Crippen molar-refractivity contribution in [1.82, 2.24) is 0 Å². The molecule has 0 bridgehead atoms. The fourth-order valence-electron chi connectivity index (χ4n) is 0.539. The van der Waals surface area contributed by atoms with Crippen LogP contribution in [0.1, 0.15) is 38.8 Å². The number of rotatable bonds is 0. The number of benzene rings is 1. The van der Waals surface area contributed by atoms with E-state index in [0.717, 1.165) is 0 Å². The third kappa shape index (κ3) is 13.9. The molecule has 0 aromatic heterocycles. The van der Waals surface area contributed by atoms with Gasteiger partial charge in [-0.3, -0.25) is 17.2 Å². The summed E-state index contributed by atoms with van der Waals surface area (Å²) in [6.07, 6.45) is 0. The number of hydrogen-bond acceptors (Lipinski definition) is 0. The van der Waals surface area contributed by atoms with Crippen LogP contribution in [0.5, 0.6) is 0 Å². The van der Waals surface area contributed by atoms with Crippen molar-refractivity contribution in [2.45, 2.75) is 41.5 Å². The molecular weight excluding hydrogens is 426 g/mol. The van der Waals surface area contributed by atoms with Crippen LogP contribution in [-0.2, 0) is 0 Å². The molecule has 0 N–H and O–H groups in total. The molecule has 0 aliphatic carbocycles. The molecule has 0 nitrogen and oxygen atoms in total. The number of aryl methyl sites for hydroxylation is 2. The van der Waals surface area contributed by atoms with Gasteiger partial charge >= 0.3 is 0 Å². The van der Waals surface area contributed by atoms with Gasteiger partial charge in [0, 0.05) is 82.6 Å². The first kappa shape index (κ1) is 25.0. The summed E-state index contributed by atoms with van der Waals surface area (Å²) in [4.78, 5) is 0. The zero-order chi connectivity index (χ0) is 9.98. The molecule has 0 aliphatic rings. The van der Waals surface area contributed by atoms with Gasteiger partial charge in [-0.15, -0.1) is 6.92 Å². The Balaban J connectivity index is -0.0000000750. The summed E-state index contributed by atoms with van der Waals surface area (Å²) in [7, 11) is 0. The molecule has 1 aromatic rings. The van der Waals surface area contributed by atoms with Crippen molar-refractivity contribution in [1.29, 1.82) is 0 Å². The van der Waals surface area contributed by atoms with Gasteiger partial charge in [0.05, 0.1) is 0 Å². The Kier molecular flexibility index (Phi) is 36.3. The third-order valence-corrected chi connectivity index (χ3v) is 1.26. The van der Waals surface area contributed by atoms with E-state index >= 15 is 0 Å². The van der Waals surface area contributed by atoms with Crippen molar-refractivity contribution in [2.75, 3.05) is 0 Å². The van der Waals surface area contributed by atoms with Gasteiger partial charge in [-0.2, -0.15) is 0 Å². The van der Waals surface area contributed by atoms with Crippen LogP contribution < -0.4 is 0 Å². The second kappa shape index (κ2) is 20.4. The Morgan fingerprint density at radius 1 is 0.929 bits per heavy atom. The monoisotopic (exact) mass is 446 g/mol. The van der Waals surface area contributed by atoms with Gasteiger partial charge in [-0.1, -0.05) is 34.6 Å². The second-order valence-corrected chi connectivity index (χ2v) is 1.91. The average Bonchev–Trinajstić information content (AvgIpc) is 2.17. The van der Waals surface area contributed by atoms with Crippen molar-refractivity contribution in [2.24, 2.45) is 0 Å². The molecule has 0 aliphatic heterocycles. The topological polar surface area (TPSA) is 0 Å². The normalized spacial score (nSPS) is 6.14. The predicted molar refractivity (Wildman–Crippen MR) is 56.3 cm³/mol. The van der Waals surface area contributed by atoms with Crippen LogP contribution >= 0.6 is 0 Å². The quantitative estimate of drug-likeness (QED) is 0.530. The van der Waals surface area contributed by atoms with Gasteiger partial charge in [0.1, 0.15) is 0 Å². The maximum atomic E-state index is 3.04. The summed E-state index contributed by atoms with van der Waals surface area (Å²) < 4.78 is 0. The Labute approximate surface area is 157 Å². The van der Waals surface area contributed by atoms with Crippen molar-refractivity contribution in [3.63, 3.8) is 0 Å². The molecule has 0 saturated heterocycles. The first-order valence-corrected chi connectivity index (χ1v) is 4.65. The van der Waals surface area contributed by atoms with Crippen molar-refractivity contribution < 1.29 is 82.6 Å². The molecule has 1 aromatic carbocycles. The summed E-state index contributed by atoms with van der Waals surface area (Å²) in [6, 6.07) is 9.76. The SMILES string of the molecule is CC.CC.Cc1[c-]c[c-]cc1C.[Pr].[Pr]. The standard InChI is InChI=1S/C8H8.2C2H6.2Pr/c1-7-5-3-4-6-8(7)2;2*1-2;;/h3,6H,1-2H3;2*1-2H3;;/q-2;;;;. The predicted octanol–water partition coefficient (Wildman–Crippen LogP) is 3.96. The van der Waals surface area contributed by atoms with Gasteiger partial charge in [0.15, 0.2) is 0 Å². The second-order valence-electron chi connectivity index (χ2n) is 1.91.